The van der Waals surface area contributed by atoms with Crippen molar-refractivity contribution in [3.63, 3.8) is 0 Å². The lowest BCUT2D eigenvalue weighted by Crippen LogP contribution is -2.16. The number of nitrogens with one attached hydrogen (secondary N) is 1. The van der Waals surface area contributed by atoms with E-state index < -0.39 is 17.3 Å². The fraction of sp³-hybridized carbons (Fsp3) is 0.235. The van der Waals surface area contributed by atoms with Gasteiger partial charge >= 0.3 is 6.18 Å². The van der Waals surface area contributed by atoms with Crippen LogP contribution >= 0.6 is 0 Å². The first-order valence-electron chi connectivity index (χ1n) is 7.22. The van der Waals surface area contributed by atoms with Crippen LogP contribution in [0, 0.1) is 17.2 Å². The van der Waals surface area contributed by atoms with Gasteiger partial charge in [-0.1, -0.05) is 6.07 Å². The monoisotopic (exact) mass is 331 g/mol. The average Bonchev–Trinajstić information content (AvgIpc) is 3.35. The zero-order valence-electron chi connectivity index (χ0n) is 12.3. The molecule has 122 valence electrons. The second-order valence-electron chi connectivity index (χ2n) is 5.59. The lowest BCUT2D eigenvalue weighted by molar-refractivity contribution is -0.137. The van der Waals surface area contributed by atoms with Crippen LogP contribution in [0.25, 0.3) is 0 Å². The first-order chi connectivity index (χ1) is 11.4. The van der Waals surface area contributed by atoms with Gasteiger partial charge in [-0.2, -0.15) is 18.4 Å². The van der Waals surface area contributed by atoms with Gasteiger partial charge in [-0.15, -0.1) is 0 Å². The van der Waals surface area contributed by atoms with Crippen molar-refractivity contribution in [2.75, 3.05) is 5.32 Å². The van der Waals surface area contributed by atoms with Gasteiger partial charge in [0.15, 0.2) is 0 Å². The molecular formula is C17H12F3N3O. The fourth-order valence-corrected chi connectivity index (χ4v) is 2.64. The predicted molar refractivity (Wildman–Crippen MR) is 79.9 cm³/mol. The van der Waals surface area contributed by atoms with Gasteiger partial charge in [0, 0.05) is 24.0 Å². The molecular weight excluding hydrogens is 319 g/mol. The Labute approximate surface area is 135 Å². The summed E-state index contributed by atoms with van der Waals surface area (Å²) < 4.78 is 38.8. The number of benzene rings is 1. The molecule has 1 saturated carbocycles. The molecule has 0 bridgehead atoms. The molecule has 7 heteroatoms. The van der Waals surface area contributed by atoms with Crippen LogP contribution in [0.3, 0.4) is 0 Å². The van der Waals surface area contributed by atoms with Gasteiger partial charge in [-0.25, -0.2) is 0 Å². The van der Waals surface area contributed by atoms with Crippen molar-refractivity contribution in [1.29, 1.82) is 5.26 Å². The maximum absolute atomic E-state index is 12.9. The molecule has 0 saturated heterocycles. The highest BCUT2D eigenvalue weighted by Gasteiger charge is 2.44. The van der Waals surface area contributed by atoms with E-state index in [1.807, 2.05) is 6.07 Å². The SMILES string of the molecule is N#Cc1ccc(NC(=O)[C@H]2C[C@@H]2c2cccnc2)cc1C(F)(F)F. The molecule has 3 rings (SSSR count). The van der Waals surface area contributed by atoms with E-state index in [0.717, 1.165) is 17.7 Å². The number of pyridine rings is 1. The number of alkyl halides is 3. The molecule has 0 aliphatic heterocycles. The Morgan fingerprint density at radius 1 is 1.33 bits per heavy atom. The summed E-state index contributed by atoms with van der Waals surface area (Å²) in [5.74, 6) is -0.569. The molecule has 4 nitrogen and oxygen atoms in total. The van der Waals surface area contributed by atoms with Gasteiger partial charge in [0.25, 0.3) is 0 Å². The van der Waals surface area contributed by atoms with E-state index >= 15 is 0 Å². The van der Waals surface area contributed by atoms with E-state index in [-0.39, 0.29) is 23.4 Å². The van der Waals surface area contributed by atoms with Crippen molar-refractivity contribution in [2.24, 2.45) is 5.92 Å². The van der Waals surface area contributed by atoms with Crippen LogP contribution in [0.1, 0.15) is 29.0 Å². The highest BCUT2D eigenvalue weighted by molar-refractivity contribution is 5.95. The van der Waals surface area contributed by atoms with Gasteiger partial charge < -0.3 is 5.32 Å². The summed E-state index contributed by atoms with van der Waals surface area (Å²) >= 11 is 0. The number of nitrogens with zero attached hydrogens (tertiary/aromatic N) is 2. The molecule has 0 spiro atoms. The number of carbonyl (C=O) groups is 1. The summed E-state index contributed by atoms with van der Waals surface area (Å²) in [6.07, 6.45) is -0.693. The van der Waals surface area contributed by atoms with Gasteiger partial charge in [0.2, 0.25) is 5.91 Å². The number of amides is 1. The molecule has 24 heavy (non-hydrogen) atoms. The quantitative estimate of drug-likeness (QED) is 0.932. The Balaban J connectivity index is 1.73. The number of anilines is 1. The summed E-state index contributed by atoms with van der Waals surface area (Å²) in [6.45, 7) is 0. The van der Waals surface area contributed by atoms with Crippen molar-refractivity contribution < 1.29 is 18.0 Å². The van der Waals surface area contributed by atoms with Crippen molar-refractivity contribution >= 4 is 11.6 Å². The molecule has 1 aliphatic carbocycles. The van der Waals surface area contributed by atoms with Crippen molar-refractivity contribution in [1.82, 2.24) is 4.98 Å². The molecule has 1 aliphatic rings. The average molecular weight is 331 g/mol. The van der Waals surface area contributed by atoms with Crippen LogP contribution in [-0.2, 0) is 11.0 Å². The Bertz CT molecular complexity index is 812. The zero-order valence-corrected chi connectivity index (χ0v) is 12.3. The molecule has 1 fully saturated rings. The highest BCUT2D eigenvalue weighted by atomic mass is 19.4. The predicted octanol–water partition coefficient (Wildman–Crippen LogP) is 3.71. The maximum atomic E-state index is 12.9. The van der Waals surface area contributed by atoms with Crippen LogP contribution < -0.4 is 5.32 Å². The highest BCUT2D eigenvalue weighted by Crippen LogP contribution is 2.47. The molecule has 1 N–H and O–H groups in total. The van der Waals surface area contributed by atoms with Gasteiger partial charge in [0.1, 0.15) is 0 Å². The normalized spacial score (nSPS) is 19.4. The van der Waals surface area contributed by atoms with E-state index in [4.69, 9.17) is 5.26 Å². The number of aromatic nitrogens is 1. The largest absolute Gasteiger partial charge is 0.417 e. The molecule has 2 atom stereocenters. The molecule has 0 radical (unpaired) electrons. The summed E-state index contributed by atoms with van der Waals surface area (Å²) in [6, 6.07) is 8.30. The molecule has 1 aromatic heterocycles. The van der Waals surface area contributed by atoms with Crippen LogP contribution in [0.2, 0.25) is 0 Å². The lowest BCUT2D eigenvalue weighted by atomic mass is 10.1. The van der Waals surface area contributed by atoms with Crippen LogP contribution in [0.15, 0.2) is 42.7 Å². The Morgan fingerprint density at radius 2 is 2.12 bits per heavy atom. The van der Waals surface area contributed by atoms with Gasteiger partial charge in [0.05, 0.1) is 17.2 Å². The lowest BCUT2D eigenvalue weighted by Gasteiger charge is -2.11. The van der Waals surface area contributed by atoms with E-state index in [2.05, 4.69) is 10.3 Å². The first kappa shape index (κ1) is 16.0. The van der Waals surface area contributed by atoms with Crippen LogP contribution in [0.5, 0.6) is 0 Å². The van der Waals surface area contributed by atoms with Crippen molar-refractivity contribution in [3.05, 3.63) is 59.4 Å². The molecule has 2 aromatic rings. The molecule has 1 heterocycles. The van der Waals surface area contributed by atoms with E-state index in [1.165, 1.54) is 12.1 Å². The van der Waals surface area contributed by atoms with E-state index in [0.29, 0.717) is 6.42 Å². The van der Waals surface area contributed by atoms with E-state index in [9.17, 15) is 18.0 Å². The minimum Gasteiger partial charge on any atom is -0.326 e. The third-order valence-corrected chi connectivity index (χ3v) is 3.95. The molecule has 0 unspecified atom stereocenters. The number of hydrogen-bond donors (Lipinski definition) is 1. The minimum absolute atomic E-state index is 0.0307. The topological polar surface area (TPSA) is 65.8 Å². The van der Waals surface area contributed by atoms with Gasteiger partial charge in [-0.3, -0.25) is 9.78 Å². The number of carbonyl (C=O) groups excluding carboxylic acids is 1. The Hall–Kier alpha value is -2.88. The second-order valence-corrected chi connectivity index (χ2v) is 5.59. The molecule has 1 aromatic carbocycles. The summed E-state index contributed by atoms with van der Waals surface area (Å²) in [5.41, 5.74) is -0.556. The number of nitriles is 1. The van der Waals surface area contributed by atoms with Gasteiger partial charge in [-0.05, 0) is 42.2 Å². The second kappa shape index (κ2) is 5.96. The summed E-state index contributed by atoms with van der Waals surface area (Å²) in [7, 11) is 0. The Kier molecular flexibility index (Phi) is 3.97. The molecule has 1 amide bonds. The van der Waals surface area contributed by atoms with Crippen molar-refractivity contribution in [3.8, 4) is 6.07 Å². The Morgan fingerprint density at radius 3 is 2.75 bits per heavy atom. The number of hydrogen-bond acceptors (Lipinski definition) is 3. The first-order valence-corrected chi connectivity index (χ1v) is 7.22. The van der Waals surface area contributed by atoms with E-state index in [1.54, 1.807) is 18.5 Å². The van der Waals surface area contributed by atoms with Crippen molar-refractivity contribution in [2.45, 2.75) is 18.5 Å². The summed E-state index contributed by atoms with van der Waals surface area (Å²) in [5, 5.41) is 11.3. The number of halogens is 3. The summed E-state index contributed by atoms with van der Waals surface area (Å²) in [4.78, 5) is 16.2. The third kappa shape index (κ3) is 3.23. The smallest absolute Gasteiger partial charge is 0.326 e. The number of rotatable bonds is 3. The zero-order chi connectivity index (χ0) is 17.3. The fourth-order valence-electron chi connectivity index (χ4n) is 2.64. The standard InChI is InChI=1S/C17H12F3N3O/c18-17(19,20)15-6-12(4-3-10(15)8-21)23-16(24)14-7-13(14)11-2-1-5-22-9-11/h1-6,9,13-14H,7H2,(H,23,24)/t13-,14+/m1/s1. The minimum atomic E-state index is -4.65. The third-order valence-electron chi connectivity index (χ3n) is 3.95. The maximum Gasteiger partial charge on any atom is 0.417 e. The van der Waals surface area contributed by atoms with Crippen LogP contribution in [0.4, 0.5) is 18.9 Å². The van der Waals surface area contributed by atoms with Crippen LogP contribution in [-0.4, -0.2) is 10.9 Å².